The zero-order valence-corrected chi connectivity index (χ0v) is 12.8. The molecule has 0 bridgehead atoms. The molecule has 1 aromatic rings. The topological polar surface area (TPSA) is 93.2 Å². The lowest BCUT2D eigenvalue weighted by Crippen LogP contribution is -2.40. The van der Waals surface area contributed by atoms with Crippen molar-refractivity contribution in [1.29, 1.82) is 0 Å². The summed E-state index contributed by atoms with van der Waals surface area (Å²) in [5.74, 6) is 0.0394. The number of carbonyl (C=O) groups excluding carboxylic acids is 1. The van der Waals surface area contributed by atoms with Crippen molar-refractivity contribution in [3.63, 3.8) is 0 Å². The smallest absolute Gasteiger partial charge is 0.241 e. The van der Waals surface area contributed by atoms with Gasteiger partial charge in [0.2, 0.25) is 5.91 Å². The standard InChI is InChI=1S/C16H24N4O/c1-8(2)13(17)16(21)20-12-7-5-6-11-9(3)14(18)10(4)19-15(11)12/h5-9,13-14,19H,4,17-18H2,1-3H3,(H,20,21)/t9?,13-,14-/m0/s1. The molecule has 1 heterocycles. The molecule has 0 aromatic heterocycles. The molecule has 0 spiro atoms. The van der Waals surface area contributed by atoms with Crippen molar-refractivity contribution in [1.82, 2.24) is 0 Å². The number of hydrogen-bond donors (Lipinski definition) is 4. The van der Waals surface area contributed by atoms with Crippen LogP contribution in [0.1, 0.15) is 32.3 Å². The molecule has 0 fully saturated rings. The second-order valence-corrected chi connectivity index (χ2v) is 5.99. The van der Waals surface area contributed by atoms with Crippen LogP contribution in [-0.2, 0) is 4.79 Å². The predicted octanol–water partition coefficient (Wildman–Crippen LogP) is 1.98. The Hall–Kier alpha value is -1.85. The molecule has 1 aliphatic heterocycles. The maximum absolute atomic E-state index is 12.2. The summed E-state index contributed by atoms with van der Waals surface area (Å²) in [7, 11) is 0. The third kappa shape index (κ3) is 2.94. The fourth-order valence-corrected chi connectivity index (χ4v) is 2.45. The van der Waals surface area contributed by atoms with Crippen molar-refractivity contribution in [3.8, 4) is 0 Å². The van der Waals surface area contributed by atoms with Gasteiger partial charge in [-0.3, -0.25) is 4.79 Å². The average molecular weight is 288 g/mol. The van der Waals surface area contributed by atoms with Crippen LogP contribution in [-0.4, -0.2) is 18.0 Å². The quantitative estimate of drug-likeness (QED) is 0.684. The number of amides is 1. The fourth-order valence-electron chi connectivity index (χ4n) is 2.45. The Bertz CT molecular complexity index is 567. The van der Waals surface area contributed by atoms with Crippen LogP contribution in [0.3, 0.4) is 0 Å². The summed E-state index contributed by atoms with van der Waals surface area (Å²) in [6.45, 7) is 9.86. The molecule has 1 aliphatic rings. The number of benzene rings is 1. The Morgan fingerprint density at radius 2 is 2.10 bits per heavy atom. The Morgan fingerprint density at radius 3 is 2.71 bits per heavy atom. The third-order valence-electron chi connectivity index (χ3n) is 4.09. The maximum Gasteiger partial charge on any atom is 0.241 e. The van der Waals surface area contributed by atoms with E-state index in [1.54, 1.807) is 0 Å². The van der Waals surface area contributed by atoms with E-state index < -0.39 is 6.04 Å². The van der Waals surface area contributed by atoms with E-state index in [2.05, 4.69) is 24.1 Å². The highest BCUT2D eigenvalue weighted by Gasteiger charge is 2.28. The first kappa shape index (κ1) is 15.5. The van der Waals surface area contributed by atoms with Gasteiger partial charge < -0.3 is 22.1 Å². The number of hydrogen-bond acceptors (Lipinski definition) is 4. The number of rotatable bonds is 3. The van der Waals surface area contributed by atoms with Gasteiger partial charge in [-0.05, 0) is 17.5 Å². The minimum Gasteiger partial charge on any atom is -0.356 e. The van der Waals surface area contributed by atoms with Crippen molar-refractivity contribution in [2.24, 2.45) is 17.4 Å². The van der Waals surface area contributed by atoms with Gasteiger partial charge >= 0.3 is 0 Å². The van der Waals surface area contributed by atoms with E-state index in [4.69, 9.17) is 11.5 Å². The number of anilines is 2. The number of nitrogens with two attached hydrogens (primary N) is 2. The van der Waals surface area contributed by atoms with Crippen molar-refractivity contribution in [3.05, 3.63) is 36.0 Å². The summed E-state index contributed by atoms with van der Waals surface area (Å²) in [6.07, 6.45) is 0. The van der Waals surface area contributed by atoms with Crippen LogP contribution in [0.25, 0.3) is 0 Å². The molecule has 0 saturated carbocycles. The van der Waals surface area contributed by atoms with Crippen LogP contribution in [0.4, 0.5) is 11.4 Å². The predicted molar refractivity (Wildman–Crippen MR) is 87.0 cm³/mol. The summed E-state index contributed by atoms with van der Waals surface area (Å²) < 4.78 is 0. The normalized spacial score (nSPS) is 22.5. The van der Waals surface area contributed by atoms with Crippen LogP contribution >= 0.6 is 0 Å². The lowest BCUT2D eigenvalue weighted by atomic mass is 9.87. The van der Waals surface area contributed by atoms with Gasteiger partial charge in [0.1, 0.15) is 0 Å². The number of carbonyl (C=O) groups is 1. The van der Waals surface area contributed by atoms with Crippen molar-refractivity contribution in [2.45, 2.75) is 38.8 Å². The van der Waals surface area contributed by atoms with Crippen LogP contribution in [0.2, 0.25) is 0 Å². The van der Waals surface area contributed by atoms with Gasteiger partial charge in [0, 0.05) is 11.6 Å². The highest BCUT2D eigenvalue weighted by Crippen LogP contribution is 2.39. The van der Waals surface area contributed by atoms with Crippen LogP contribution in [0.15, 0.2) is 30.5 Å². The third-order valence-corrected chi connectivity index (χ3v) is 4.09. The molecule has 5 heteroatoms. The van der Waals surface area contributed by atoms with Crippen LogP contribution in [0.5, 0.6) is 0 Å². The Balaban J connectivity index is 2.31. The zero-order valence-electron chi connectivity index (χ0n) is 12.8. The number of nitrogens with one attached hydrogen (secondary N) is 2. The van der Waals surface area contributed by atoms with E-state index >= 15 is 0 Å². The lowest BCUT2D eigenvalue weighted by Gasteiger charge is -2.33. The second-order valence-electron chi connectivity index (χ2n) is 5.99. The van der Waals surface area contributed by atoms with E-state index in [9.17, 15) is 4.79 Å². The molecular formula is C16H24N4O. The lowest BCUT2D eigenvalue weighted by molar-refractivity contribution is -0.118. The first-order chi connectivity index (χ1) is 9.82. The molecule has 6 N–H and O–H groups in total. The van der Waals surface area contributed by atoms with Gasteiger partial charge in [0.25, 0.3) is 0 Å². The molecule has 5 nitrogen and oxygen atoms in total. The highest BCUT2D eigenvalue weighted by molar-refractivity contribution is 5.98. The number of para-hydroxylation sites is 1. The Kier molecular flexibility index (Phi) is 4.34. The van der Waals surface area contributed by atoms with E-state index in [1.165, 1.54) is 0 Å². The molecule has 114 valence electrons. The number of fused-ring (bicyclic) bond motifs is 1. The molecule has 0 aliphatic carbocycles. The summed E-state index contributed by atoms with van der Waals surface area (Å²) in [5.41, 5.74) is 15.4. The first-order valence-electron chi connectivity index (χ1n) is 7.23. The molecule has 1 amide bonds. The molecule has 3 atom stereocenters. The van der Waals surface area contributed by atoms with E-state index in [-0.39, 0.29) is 23.8 Å². The van der Waals surface area contributed by atoms with Gasteiger partial charge in [-0.25, -0.2) is 0 Å². The molecule has 2 rings (SSSR count). The minimum absolute atomic E-state index is 0.0832. The van der Waals surface area contributed by atoms with Crippen molar-refractivity contribution >= 4 is 17.3 Å². The van der Waals surface area contributed by atoms with Gasteiger partial charge in [-0.2, -0.15) is 0 Å². The summed E-state index contributed by atoms with van der Waals surface area (Å²) in [5, 5.41) is 6.11. The summed E-state index contributed by atoms with van der Waals surface area (Å²) in [4.78, 5) is 12.2. The van der Waals surface area contributed by atoms with Gasteiger partial charge in [-0.1, -0.05) is 39.5 Å². The second kappa shape index (κ2) is 5.87. The van der Waals surface area contributed by atoms with Crippen LogP contribution in [0, 0.1) is 5.92 Å². The summed E-state index contributed by atoms with van der Waals surface area (Å²) in [6, 6.07) is 5.10. The molecule has 21 heavy (non-hydrogen) atoms. The molecule has 0 saturated heterocycles. The fraction of sp³-hybridized carbons (Fsp3) is 0.438. The first-order valence-corrected chi connectivity index (χ1v) is 7.23. The van der Waals surface area contributed by atoms with Crippen LogP contribution < -0.4 is 22.1 Å². The Morgan fingerprint density at radius 1 is 1.43 bits per heavy atom. The average Bonchev–Trinajstić information content (AvgIpc) is 2.44. The van der Waals surface area contributed by atoms with E-state index in [0.29, 0.717) is 5.69 Å². The van der Waals surface area contributed by atoms with E-state index in [1.807, 2.05) is 32.0 Å². The van der Waals surface area contributed by atoms with Gasteiger partial charge in [0.05, 0.1) is 23.5 Å². The van der Waals surface area contributed by atoms with Gasteiger partial charge in [-0.15, -0.1) is 0 Å². The molecular weight excluding hydrogens is 264 g/mol. The largest absolute Gasteiger partial charge is 0.356 e. The minimum atomic E-state index is -0.535. The van der Waals surface area contributed by atoms with Crippen molar-refractivity contribution in [2.75, 3.05) is 10.6 Å². The van der Waals surface area contributed by atoms with Crippen molar-refractivity contribution < 1.29 is 4.79 Å². The highest BCUT2D eigenvalue weighted by atomic mass is 16.2. The maximum atomic E-state index is 12.2. The zero-order chi connectivity index (χ0) is 15.7. The monoisotopic (exact) mass is 288 g/mol. The SMILES string of the molecule is C=C1Nc2c(NC(=O)[C@@H](N)C(C)C)cccc2C(C)[C@@H]1N. The Labute approximate surface area is 125 Å². The molecule has 1 unspecified atom stereocenters. The van der Waals surface area contributed by atoms with Gasteiger partial charge in [0.15, 0.2) is 0 Å². The molecule has 1 aromatic carbocycles. The summed E-state index contributed by atoms with van der Waals surface area (Å²) >= 11 is 0. The van der Waals surface area contributed by atoms with E-state index in [0.717, 1.165) is 16.9 Å². The molecule has 0 radical (unpaired) electrons.